The Balaban J connectivity index is 1.69. The molecule has 0 saturated heterocycles. The molecule has 158 valence electrons. The maximum absolute atomic E-state index is 14.1. The molecule has 0 atom stereocenters. The minimum absolute atomic E-state index is 0.0000360. The van der Waals surface area contributed by atoms with E-state index >= 15 is 0 Å². The minimum atomic E-state index is -0.378. The summed E-state index contributed by atoms with van der Waals surface area (Å²) < 4.78 is 14.1. The van der Waals surface area contributed by atoms with Crippen molar-refractivity contribution in [3.63, 3.8) is 0 Å². The van der Waals surface area contributed by atoms with E-state index in [2.05, 4.69) is 0 Å². The summed E-state index contributed by atoms with van der Waals surface area (Å²) in [6, 6.07) is 11.5. The van der Waals surface area contributed by atoms with Gasteiger partial charge in [0.15, 0.2) is 0 Å². The van der Waals surface area contributed by atoms with Gasteiger partial charge in [0.1, 0.15) is 5.82 Å². The van der Waals surface area contributed by atoms with E-state index in [1.54, 1.807) is 41.3 Å². The third kappa shape index (κ3) is 4.74. The zero-order valence-electron chi connectivity index (χ0n) is 17.5. The lowest BCUT2D eigenvalue weighted by molar-refractivity contribution is -0.132. The molecule has 2 aromatic rings. The fourth-order valence-corrected chi connectivity index (χ4v) is 3.42. The monoisotopic (exact) mass is 411 g/mol. The average Bonchev–Trinajstić information content (AvgIpc) is 2.94. The lowest BCUT2D eigenvalue weighted by Crippen LogP contribution is -2.39. The van der Waals surface area contributed by atoms with Gasteiger partial charge < -0.3 is 9.80 Å². The van der Waals surface area contributed by atoms with E-state index in [0.29, 0.717) is 29.8 Å². The van der Waals surface area contributed by atoms with Crippen LogP contribution in [-0.2, 0) is 11.3 Å². The number of hydrogen-bond acceptors (Lipinski definition) is 4. The van der Waals surface area contributed by atoms with E-state index in [1.807, 2.05) is 25.9 Å². The smallest absolute Gasteiger partial charge is 0.261 e. The van der Waals surface area contributed by atoms with Crippen molar-refractivity contribution in [2.75, 3.05) is 33.7 Å². The second-order valence-electron chi connectivity index (χ2n) is 7.77. The molecule has 3 rings (SSSR count). The molecule has 6 nitrogen and oxygen atoms in total. The van der Waals surface area contributed by atoms with Crippen molar-refractivity contribution in [2.24, 2.45) is 0 Å². The SMILES string of the molecule is Cc1ccc2c(c1)C(=O)N(CCC(=O)N(CCN(C)C)Cc1ccccc1F)C2=O. The minimum Gasteiger partial charge on any atom is -0.337 e. The largest absolute Gasteiger partial charge is 0.337 e. The Morgan fingerprint density at radius 1 is 1.00 bits per heavy atom. The van der Waals surface area contributed by atoms with Crippen LogP contribution in [0.5, 0.6) is 0 Å². The Bertz CT molecular complexity index is 974. The van der Waals surface area contributed by atoms with Crippen molar-refractivity contribution < 1.29 is 18.8 Å². The van der Waals surface area contributed by atoms with Gasteiger partial charge in [-0.3, -0.25) is 19.3 Å². The summed E-state index contributed by atoms with van der Waals surface area (Å²) in [6.45, 7) is 3.03. The van der Waals surface area contributed by atoms with Crippen molar-refractivity contribution in [1.82, 2.24) is 14.7 Å². The summed E-state index contributed by atoms with van der Waals surface area (Å²) in [5, 5.41) is 0. The van der Waals surface area contributed by atoms with Crippen LogP contribution in [0.15, 0.2) is 42.5 Å². The second-order valence-corrected chi connectivity index (χ2v) is 7.77. The third-order valence-electron chi connectivity index (χ3n) is 5.16. The molecule has 0 radical (unpaired) electrons. The van der Waals surface area contributed by atoms with Crippen molar-refractivity contribution in [3.8, 4) is 0 Å². The van der Waals surface area contributed by atoms with Gasteiger partial charge in [0, 0.05) is 38.2 Å². The second kappa shape index (κ2) is 9.17. The number of aryl methyl sites for hydroxylation is 1. The van der Waals surface area contributed by atoms with E-state index in [9.17, 15) is 18.8 Å². The molecule has 0 aliphatic carbocycles. The normalized spacial score (nSPS) is 13.2. The number of nitrogens with zero attached hydrogens (tertiary/aromatic N) is 3. The Morgan fingerprint density at radius 2 is 1.70 bits per heavy atom. The van der Waals surface area contributed by atoms with Gasteiger partial charge in [0.2, 0.25) is 5.91 Å². The Morgan fingerprint density at radius 3 is 2.40 bits per heavy atom. The summed E-state index contributed by atoms with van der Waals surface area (Å²) >= 11 is 0. The van der Waals surface area contributed by atoms with E-state index < -0.39 is 0 Å². The highest BCUT2D eigenvalue weighted by Crippen LogP contribution is 2.24. The van der Waals surface area contributed by atoms with Crippen LogP contribution in [-0.4, -0.2) is 66.2 Å². The summed E-state index contributed by atoms with van der Waals surface area (Å²) in [7, 11) is 3.79. The number of halogens is 1. The lowest BCUT2D eigenvalue weighted by Gasteiger charge is -2.25. The zero-order chi connectivity index (χ0) is 21.8. The molecule has 0 saturated carbocycles. The highest BCUT2D eigenvalue weighted by atomic mass is 19.1. The maximum Gasteiger partial charge on any atom is 0.261 e. The van der Waals surface area contributed by atoms with Crippen molar-refractivity contribution in [1.29, 1.82) is 0 Å². The number of hydrogen-bond donors (Lipinski definition) is 0. The Labute approximate surface area is 175 Å². The first-order valence-electron chi connectivity index (χ1n) is 9.90. The van der Waals surface area contributed by atoms with Crippen LogP contribution in [0.2, 0.25) is 0 Å². The molecule has 0 unspecified atom stereocenters. The molecule has 0 bridgehead atoms. The van der Waals surface area contributed by atoms with Gasteiger partial charge in [-0.15, -0.1) is 0 Å². The van der Waals surface area contributed by atoms with E-state index in [4.69, 9.17) is 0 Å². The molecule has 0 spiro atoms. The predicted molar refractivity (Wildman–Crippen MR) is 112 cm³/mol. The molecule has 3 amide bonds. The first kappa shape index (κ1) is 21.6. The molecule has 0 fully saturated rings. The molecule has 30 heavy (non-hydrogen) atoms. The molecule has 1 aliphatic heterocycles. The van der Waals surface area contributed by atoms with Crippen LogP contribution < -0.4 is 0 Å². The summed E-state index contributed by atoms with van der Waals surface area (Å²) in [5.74, 6) is -1.35. The molecule has 1 heterocycles. The third-order valence-corrected chi connectivity index (χ3v) is 5.16. The van der Waals surface area contributed by atoms with Crippen LogP contribution in [0.3, 0.4) is 0 Å². The molecule has 7 heteroatoms. The Hall–Kier alpha value is -3.06. The van der Waals surface area contributed by atoms with Crippen molar-refractivity contribution in [2.45, 2.75) is 19.9 Å². The van der Waals surface area contributed by atoms with Gasteiger partial charge in [-0.1, -0.05) is 29.8 Å². The number of imide groups is 1. The van der Waals surface area contributed by atoms with Crippen LogP contribution in [0.25, 0.3) is 0 Å². The quantitative estimate of drug-likeness (QED) is 0.627. The van der Waals surface area contributed by atoms with Crippen LogP contribution in [0, 0.1) is 12.7 Å². The number of likely N-dealkylation sites (N-methyl/N-ethyl adjacent to an activating group) is 1. The van der Waals surface area contributed by atoms with Crippen LogP contribution in [0.1, 0.15) is 38.3 Å². The molecule has 1 aliphatic rings. The van der Waals surface area contributed by atoms with E-state index in [1.165, 1.54) is 6.07 Å². The molecule has 0 N–H and O–H groups in total. The van der Waals surface area contributed by atoms with Gasteiger partial charge in [0.05, 0.1) is 11.1 Å². The number of carbonyl (C=O) groups is 3. The van der Waals surface area contributed by atoms with Crippen LogP contribution >= 0.6 is 0 Å². The topological polar surface area (TPSA) is 60.9 Å². The van der Waals surface area contributed by atoms with Crippen molar-refractivity contribution in [3.05, 3.63) is 70.5 Å². The first-order valence-corrected chi connectivity index (χ1v) is 9.90. The highest BCUT2D eigenvalue weighted by molar-refractivity contribution is 6.21. The summed E-state index contributed by atoms with van der Waals surface area (Å²) in [5.41, 5.74) is 2.07. The lowest BCUT2D eigenvalue weighted by atomic mass is 10.1. The maximum atomic E-state index is 14.1. The van der Waals surface area contributed by atoms with E-state index in [-0.39, 0.29) is 43.0 Å². The number of amides is 3. The van der Waals surface area contributed by atoms with Gasteiger partial charge >= 0.3 is 0 Å². The highest BCUT2D eigenvalue weighted by Gasteiger charge is 2.35. The van der Waals surface area contributed by atoms with Crippen LogP contribution in [0.4, 0.5) is 4.39 Å². The molecule has 0 aromatic heterocycles. The number of benzene rings is 2. The van der Waals surface area contributed by atoms with Gasteiger partial charge in [-0.2, -0.15) is 0 Å². The predicted octanol–water partition coefficient (Wildman–Crippen LogP) is 2.71. The fraction of sp³-hybridized carbons (Fsp3) is 0.348. The standard InChI is InChI=1S/C23H26FN3O3/c1-16-8-9-18-19(14-16)23(30)27(22(18)29)11-10-21(28)26(13-12-25(2)3)15-17-6-4-5-7-20(17)24/h4-9,14H,10-13,15H2,1-3H3. The first-order chi connectivity index (χ1) is 14.3. The number of carbonyl (C=O) groups excluding carboxylic acids is 3. The number of fused-ring (bicyclic) bond motifs is 1. The van der Waals surface area contributed by atoms with Gasteiger partial charge in [0.25, 0.3) is 11.8 Å². The van der Waals surface area contributed by atoms with E-state index in [0.717, 1.165) is 10.5 Å². The number of rotatable bonds is 8. The fourth-order valence-electron chi connectivity index (χ4n) is 3.42. The van der Waals surface area contributed by atoms with Gasteiger partial charge in [-0.05, 0) is 39.2 Å². The van der Waals surface area contributed by atoms with Crippen molar-refractivity contribution >= 4 is 17.7 Å². The molecular formula is C23H26FN3O3. The summed E-state index contributed by atoms with van der Waals surface area (Å²) in [4.78, 5) is 42.7. The molecule has 2 aromatic carbocycles. The average molecular weight is 411 g/mol. The summed E-state index contributed by atoms with van der Waals surface area (Å²) in [6.07, 6.45) is -0.00761. The zero-order valence-corrected chi connectivity index (χ0v) is 17.5. The van der Waals surface area contributed by atoms with Gasteiger partial charge in [-0.25, -0.2) is 4.39 Å². The Kier molecular flexibility index (Phi) is 6.62. The molecular weight excluding hydrogens is 385 g/mol.